The third kappa shape index (κ3) is 2.36. The van der Waals surface area contributed by atoms with Crippen LogP contribution in [0, 0.1) is 18.6 Å². The summed E-state index contributed by atoms with van der Waals surface area (Å²) < 4.78 is 7.88. The lowest BCUT2D eigenvalue weighted by Crippen LogP contribution is -2.31. The van der Waals surface area contributed by atoms with Crippen LogP contribution in [-0.4, -0.2) is 22.3 Å². The van der Waals surface area contributed by atoms with Crippen LogP contribution >= 0.6 is 23.6 Å². The zero-order chi connectivity index (χ0) is 14.3. The Morgan fingerprint density at radius 1 is 1.45 bits per heavy atom. The largest absolute Gasteiger partial charge is 0.376 e. The molecule has 2 aromatic heterocycles. The molecule has 3 heterocycles. The van der Waals surface area contributed by atoms with Gasteiger partial charge in [0.15, 0.2) is 4.77 Å². The highest BCUT2D eigenvalue weighted by atomic mass is 32.1. The van der Waals surface area contributed by atoms with Crippen molar-refractivity contribution in [1.82, 2.24) is 9.55 Å². The molecule has 6 heteroatoms. The van der Waals surface area contributed by atoms with Gasteiger partial charge in [0.25, 0.3) is 5.56 Å². The zero-order valence-corrected chi connectivity index (χ0v) is 13.3. The molecule has 0 spiro atoms. The van der Waals surface area contributed by atoms with E-state index in [-0.39, 0.29) is 11.7 Å². The number of hydrogen-bond donors (Lipinski definition) is 1. The lowest BCUT2D eigenvalue weighted by atomic mass is 10.1. The van der Waals surface area contributed by atoms with E-state index in [2.05, 4.69) is 4.98 Å². The van der Waals surface area contributed by atoms with Gasteiger partial charge in [-0.25, -0.2) is 0 Å². The molecule has 1 aliphatic heterocycles. The van der Waals surface area contributed by atoms with E-state index in [1.807, 2.05) is 13.8 Å². The number of aromatic amines is 1. The van der Waals surface area contributed by atoms with Crippen molar-refractivity contribution < 1.29 is 4.74 Å². The summed E-state index contributed by atoms with van der Waals surface area (Å²) in [5.41, 5.74) is 1.07. The molecule has 20 heavy (non-hydrogen) atoms. The van der Waals surface area contributed by atoms with Crippen molar-refractivity contribution in [2.24, 2.45) is 0 Å². The molecule has 0 radical (unpaired) electrons. The van der Waals surface area contributed by atoms with Crippen molar-refractivity contribution in [3.63, 3.8) is 0 Å². The Morgan fingerprint density at radius 2 is 2.25 bits per heavy atom. The number of H-pyrrole nitrogens is 1. The molecule has 0 bridgehead atoms. The van der Waals surface area contributed by atoms with Gasteiger partial charge in [0, 0.05) is 11.5 Å². The van der Waals surface area contributed by atoms with Gasteiger partial charge in [0.2, 0.25) is 0 Å². The summed E-state index contributed by atoms with van der Waals surface area (Å²) in [6, 6.07) is 0. The van der Waals surface area contributed by atoms with Crippen LogP contribution in [0.4, 0.5) is 0 Å². The first kappa shape index (κ1) is 14.0. The average Bonchev–Trinajstić information content (AvgIpc) is 2.71. The van der Waals surface area contributed by atoms with Crippen LogP contribution in [0.3, 0.4) is 0 Å². The highest BCUT2D eigenvalue weighted by Gasteiger charge is 2.18. The molecule has 0 amide bonds. The van der Waals surface area contributed by atoms with E-state index in [0.717, 1.165) is 46.5 Å². The van der Waals surface area contributed by atoms with Crippen LogP contribution in [0.15, 0.2) is 4.79 Å². The van der Waals surface area contributed by atoms with Crippen molar-refractivity contribution in [2.45, 2.75) is 45.8 Å². The van der Waals surface area contributed by atoms with Crippen LogP contribution in [0.1, 0.15) is 29.7 Å². The Hall–Kier alpha value is -0.980. The minimum atomic E-state index is 0.0137. The number of nitrogens with zero attached hydrogens (tertiary/aromatic N) is 1. The summed E-state index contributed by atoms with van der Waals surface area (Å²) in [5.74, 6) is 0. The standard InChI is InChI=1S/C14H18N2O2S2/c1-8-9(2)20-12-11(8)13(17)16(14(19)15-12)7-10-5-3-4-6-18-10/h10H,3-7H2,1-2H3,(H,15,19). The first-order valence-electron chi connectivity index (χ1n) is 6.92. The molecule has 108 valence electrons. The number of hydrogen-bond acceptors (Lipinski definition) is 4. The number of nitrogens with one attached hydrogen (secondary N) is 1. The quantitative estimate of drug-likeness (QED) is 0.866. The Kier molecular flexibility index (Phi) is 3.79. The van der Waals surface area contributed by atoms with Crippen molar-refractivity contribution in [3.05, 3.63) is 25.6 Å². The number of fused-ring (bicyclic) bond motifs is 1. The number of rotatable bonds is 2. The smallest absolute Gasteiger partial charge is 0.263 e. The number of aryl methyl sites for hydroxylation is 2. The maximum atomic E-state index is 12.7. The van der Waals surface area contributed by atoms with Crippen molar-refractivity contribution in [1.29, 1.82) is 0 Å². The minimum Gasteiger partial charge on any atom is -0.376 e. The van der Waals surface area contributed by atoms with Crippen LogP contribution in [0.25, 0.3) is 10.2 Å². The molecule has 1 N–H and O–H groups in total. The van der Waals surface area contributed by atoms with Crippen molar-refractivity contribution in [3.8, 4) is 0 Å². The summed E-state index contributed by atoms with van der Waals surface area (Å²) in [6.45, 7) is 5.37. The fraction of sp³-hybridized carbons (Fsp3) is 0.571. The van der Waals surface area contributed by atoms with Gasteiger partial charge in [0.05, 0.1) is 18.0 Å². The predicted molar refractivity (Wildman–Crippen MR) is 84.3 cm³/mol. The maximum Gasteiger partial charge on any atom is 0.263 e. The van der Waals surface area contributed by atoms with E-state index in [9.17, 15) is 4.79 Å². The summed E-state index contributed by atoms with van der Waals surface area (Å²) in [5, 5.41) is 0.775. The van der Waals surface area contributed by atoms with Gasteiger partial charge in [-0.05, 0) is 50.9 Å². The van der Waals surface area contributed by atoms with Gasteiger partial charge in [-0.3, -0.25) is 9.36 Å². The Balaban J connectivity index is 2.08. The zero-order valence-electron chi connectivity index (χ0n) is 11.7. The highest BCUT2D eigenvalue weighted by Crippen LogP contribution is 2.26. The average molecular weight is 310 g/mol. The van der Waals surface area contributed by atoms with Gasteiger partial charge < -0.3 is 9.72 Å². The molecule has 0 saturated carbocycles. The van der Waals surface area contributed by atoms with E-state index in [4.69, 9.17) is 17.0 Å². The van der Waals surface area contributed by atoms with Crippen LogP contribution in [0.5, 0.6) is 0 Å². The van der Waals surface area contributed by atoms with Gasteiger partial charge in [-0.15, -0.1) is 11.3 Å². The van der Waals surface area contributed by atoms with Gasteiger partial charge in [-0.1, -0.05) is 0 Å². The maximum absolute atomic E-state index is 12.7. The number of aromatic nitrogens is 2. The summed E-state index contributed by atoms with van der Waals surface area (Å²) in [4.78, 5) is 17.9. The Bertz CT molecular complexity index is 751. The predicted octanol–water partition coefficient (Wildman–Crippen LogP) is 3.31. The van der Waals surface area contributed by atoms with E-state index >= 15 is 0 Å². The van der Waals surface area contributed by atoms with Gasteiger partial charge >= 0.3 is 0 Å². The van der Waals surface area contributed by atoms with E-state index in [0.29, 0.717) is 11.3 Å². The number of ether oxygens (including phenoxy) is 1. The molecule has 1 saturated heterocycles. The SMILES string of the molecule is Cc1sc2[nH]c(=S)n(CC3CCCCO3)c(=O)c2c1C. The topological polar surface area (TPSA) is 47.0 Å². The minimum absolute atomic E-state index is 0.0137. The molecule has 0 aliphatic carbocycles. The second-order valence-electron chi connectivity index (χ2n) is 5.32. The summed E-state index contributed by atoms with van der Waals surface area (Å²) in [7, 11) is 0. The van der Waals surface area contributed by atoms with Crippen LogP contribution in [0.2, 0.25) is 0 Å². The molecule has 0 aromatic carbocycles. The number of thiophene rings is 1. The second kappa shape index (κ2) is 5.42. The molecule has 2 aromatic rings. The van der Waals surface area contributed by atoms with E-state index in [1.165, 1.54) is 0 Å². The monoisotopic (exact) mass is 310 g/mol. The molecule has 3 rings (SSSR count). The summed E-state index contributed by atoms with van der Waals surface area (Å²) in [6.07, 6.45) is 3.38. The lowest BCUT2D eigenvalue weighted by molar-refractivity contribution is 0.00512. The van der Waals surface area contributed by atoms with Gasteiger partial charge in [-0.2, -0.15) is 0 Å². The van der Waals surface area contributed by atoms with Crippen LogP contribution < -0.4 is 5.56 Å². The first-order valence-corrected chi connectivity index (χ1v) is 8.15. The van der Waals surface area contributed by atoms with E-state index in [1.54, 1.807) is 15.9 Å². The molecular weight excluding hydrogens is 292 g/mol. The summed E-state index contributed by atoms with van der Waals surface area (Å²) >= 11 is 6.94. The van der Waals surface area contributed by atoms with Crippen molar-refractivity contribution in [2.75, 3.05) is 6.61 Å². The van der Waals surface area contributed by atoms with Gasteiger partial charge in [0.1, 0.15) is 4.83 Å². The Labute approximate surface area is 126 Å². The fourth-order valence-electron chi connectivity index (χ4n) is 2.69. The molecule has 4 nitrogen and oxygen atoms in total. The molecule has 1 atom stereocenters. The van der Waals surface area contributed by atoms with Crippen molar-refractivity contribution >= 4 is 33.8 Å². The second-order valence-corrected chi connectivity index (χ2v) is 6.93. The normalized spacial score (nSPS) is 19.6. The molecule has 1 aliphatic rings. The highest BCUT2D eigenvalue weighted by molar-refractivity contribution is 7.71. The fourth-order valence-corrected chi connectivity index (χ4v) is 4.06. The van der Waals surface area contributed by atoms with E-state index < -0.39 is 0 Å². The third-order valence-corrected chi connectivity index (χ3v) is 5.42. The first-order chi connectivity index (χ1) is 9.58. The molecule has 1 fully saturated rings. The Morgan fingerprint density at radius 3 is 2.95 bits per heavy atom. The third-order valence-electron chi connectivity index (χ3n) is 3.97. The lowest BCUT2D eigenvalue weighted by Gasteiger charge is -2.23. The van der Waals surface area contributed by atoms with Crippen LogP contribution in [-0.2, 0) is 11.3 Å². The molecule has 1 unspecified atom stereocenters. The molecular formula is C14H18N2O2S2.